The maximum atomic E-state index is 14.5. The lowest BCUT2D eigenvalue weighted by atomic mass is 10.1. The number of halogens is 2. The number of fused-ring (bicyclic) bond motifs is 1. The second-order valence-electron chi connectivity index (χ2n) is 7.73. The fourth-order valence-electron chi connectivity index (χ4n) is 4.12. The molecule has 3 aromatic heterocycles. The maximum Gasteiger partial charge on any atom is 0.407 e. The summed E-state index contributed by atoms with van der Waals surface area (Å²) in [4.78, 5) is 40.6. The van der Waals surface area contributed by atoms with Gasteiger partial charge in [-0.1, -0.05) is 18.5 Å². The monoisotopic (exact) mass is 460 g/mol. The van der Waals surface area contributed by atoms with E-state index in [9.17, 15) is 19.1 Å². The number of aryl methyl sites for hydroxylation is 2. The van der Waals surface area contributed by atoms with Gasteiger partial charge in [-0.2, -0.15) is 4.98 Å². The van der Waals surface area contributed by atoms with Crippen molar-refractivity contribution in [2.24, 2.45) is 0 Å². The van der Waals surface area contributed by atoms with Crippen LogP contribution in [0, 0.1) is 12.7 Å². The minimum absolute atomic E-state index is 0.171. The van der Waals surface area contributed by atoms with Gasteiger partial charge < -0.3 is 14.9 Å². The largest absolute Gasteiger partial charge is 0.465 e. The van der Waals surface area contributed by atoms with Gasteiger partial charge in [-0.3, -0.25) is 4.98 Å². The topological polar surface area (TPSA) is 104 Å². The number of rotatable bonds is 3. The first-order valence-corrected chi connectivity index (χ1v) is 10.6. The predicted octanol–water partition coefficient (Wildman–Crippen LogP) is 3.03. The molecule has 0 radical (unpaired) electrons. The van der Waals surface area contributed by atoms with E-state index in [1.54, 1.807) is 17.2 Å². The molecule has 1 saturated heterocycles. The van der Waals surface area contributed by atoms with Crippen molar-refractivity contribution in [2.75, 3.05) is 24.5 Å². The molecule has 0 spiro atoms. The third-order valence-electron chi connectivity index (χ3n) is 5.69. The summed E-state index contributed by atoms with van der Waals surface area (Å²) in [6, 6.07) is 2.71. The van der Waals surface area contributed by atoms with Crippen molar-refractivity contribution in [1.29, 1.82) is 0 Å². The van der Waals surface area contributed by atoms with Crippen molar-refractivity contribution >= 4 is 34.5 Å². The molecule has 0 saturated carbocycles. The van der Waals surface area contributed by atoms with Crippen molar-refractivity contribution in [2.45, 2.75) is 33.2 Å². The highest BCUT2D eigenvalue weighted by atomic mass is 35.5. The molecule has 3 aromatic rings. The summed E-state index contributed by atoms with van der Waals surface area (Å²) < 4.78 is 15.8. The van der Waals surface area contributed by atoms with Crippen LogP contribution in [0.4, 0.5) is 15.0 Å². The summed E-state index contributed by atoms with van der Waals surface area (Å²) in [5, 5.41) is 9.25. The van der Waals surface area contributed by atoms with Gasteiger partial charge in [-0.25, -0.2) is 23.5 Å². The van der Waals surface area contributed by atoms with E-state index in [0.717, 1.165) is 5.56 Å². The third kappa shape index (κ3) is 3.64. The number of aromatic nitrogens is 4. The molecule has 4 rings (SSSR count). The first-order valence-electron chi connectivity index (χ1n) is 10.2. The highest BCUT2D eigenvalue weighted by Crippen LogP contribution is 2.30. The minimum Gasteiger partial charge on any atom is -0.465 e. The van der Waals surface area contributed by atoms with Gasteiger partial charge in [0.1, 0.15) is 5.82 Å². The molecular weight excluding hydrogens is 439 g/mol. The van der Waals surface area contributed by atoms with Crippen molar-refractivity contribution < 1.29 is 14.3 Å². The number of carbonyl (C=O) groups is 1. The van der Waals surface area contributed by atoms with Crippen LogP contribution in [0.3, 0.4) is 0 Å². The Labute approximate surface area is 188 Å². The van der Waals surface area contributed by atoms with Gasteiger partial charge in [0.15, 0.2) is 16.6 Å². The Morgan fingerprint density at radius 3 is 2.75 bits per heavy atom. The van der Waals surface area contributed by atoms with Crippen LogP contribution < -0.4 is 10.6 Å². The second kappa shape index (κ2) is 8.34. The molecule has 1 fully saturated rings. The second-order valence-corrected chi connectivity index (χ2v) is 8.09. The molecule has 1 atom stereocenters. The molecule has 1 amide bonds. The standard InChI is InChI=1S/C21H22ClFN6O3/c1-4-15-16(11(2)5-6-24-15)29-19-13(9-14(23)17(22)25-19)18(26-20(29)30)28-8-7-27(21(31)32)10-12(28)3/h5-6,9,12H,4,7-8,10H2,1-3H3,(H,31,32). The van der Waals surface area contributed by atoms with Crippen LogP contribution >= 0.6 is 11.6 Å². The molecular formula is C21H22ClFN6O3. The Morgan fingerprint density at radius 2 is 2.09 bits per heavy atom. The van der Waals surface area contributed by atoms with Gasteiger partial charge in [-0.05, 0) is 38.0 Å². The lowest BCUT2D eigenvalue weighted by Gasteiger charge is -2.39. The zero-order valence-corrected chi connectivity index (χ0v) is 18.6. The first-order chi connectivity index (χ1) is 15.2. The maximum absolute atomic E-state index is 14.5. The average molecular weight is 461 g/mol. The van der Waals surface area contributed by atoms with Crippen molar-refractivity contribution in [1.82, 2.24) is 24.4 Å². The number of piperazine rings is 1. The van der Waals surface area contributed by atoms with Gasteiger partial charge in [0, 0.05) is 31.9 Å². The number of amides is 1. The van der Waals surface area contributed by atoms with E-state index in [-0.39, 0.29) is 35.7 Å². The molecule has 11 heteroatoms. The number of hydrogen-bond donors (Lipinski definition) is 1. The van der Waals surface area contributed by atoms with E-state index in [1.807, 2.05) is 20.8 Å². The Hall–Kier alpha value is -3.27. The van der Waals surface area contributed by atoms with Crippen LogP contribution in [0.25, 0.3) is 16.7 Å². The first kappa shape index (κ1) is 21.9. The normalized spacial score (nSPS) is 16.6. The van der Waals surface area contributed by atoms with Crippen molar-refractivity contribution in [3.05, 3.63) is 51.0 Å². The van der Waals surface area contributed by atoms with E-state index < -0.39 is 17.6 Å². The molecule has 9 nitrogen and oxygen atoms in total. The number of hydrogen-bond acceptors (Lipinski definition) is 6. The van der Waals surface area contributed by atoms with Crippen molar-refractivity contribution in [3.8, 4) is 5.69 Å². The summed E-state index contributed by atoms with van der Waals surface area (Å²) in [6.07, 6.45) is 1.22. The predicted molar refractivity (Wildman–Crippen MR) is 118 cm³/mol. The van der Waals surface area contributed by atoms with Gasteiger partial charge in [-0.15, -0.1) is 0 Å². The molecule has 1 aliphatic heterocycles. The van der Waals surface area contributed by atoms with Crippen LogP contribution in [-0.2, 0) is 6.42 Å². The highest BCUT2D eigenvalue weighted by molar-refractivity contribution is 6.30. The van der Waals surface area contributed by atoms with Crippen LogP contribution in [0.5, 0.6) is 0 Å². The molecule has 1 aliphatic rings. The number of carboxylic acid groups (broad SMARTS) is 1. The molecule has 0 bridgehead atoms. The molecule has 0 aliphatic carbocycles. The summed E-state index contributed by atoms with van der Waals surface area (Å²) in [5.74, 6) is -0.482. The summed E-state index contributed by atoms with van der Waals surface area (Å²) in [6.45, 7) is 6.36. The van der Waals surface area contributed by atoms with Gasteiger partial charge in [0.2, 0.25) is 0 Å². The fraction of sp³-hybridized carbons (Fsp3) is 0.381. The molecule has 4 heterocycles. The molecule has 168 valence electrons. The van der Waals surface area contributed by atoms with Crippen LogP contribution in [0.15, 0.2) is 23.1 Å². The molecule has 1 N–H and O–H groups in total. The summed E-state index contributed by atoms with van der Waals surface area (Å²) in [5.41, 5.74) is 1.59. The fourth-order valence-corrected chi connectivity index (χ4v) is 4.26. The van der Waals surface area contributed by atoms with Gasteiger partial charge in [0.05, 0.1) is 16.8 Å². The van der Waals surface area contributed by atoms with Gasteiger partial charge in [0.25, 0.3) is 0 Å². The number of nitrogens with zero attached hydrogens (tertiary/aromatic N) is 6. The highest BCUT2D eigenvalue weighted by Gasteiger charge is 2.30. The van der Waals surface area contributed by atoms with E-state index in [1.165, 1.54) is 15.5 Å². The van der Waals surface area contributed by atoms with Crippen LogP contribution in [0.1, 0.15) is 25.1 Å². The third-order valence-corrected chi connectivity index (χ3v) is 5.95. The lowest BCUT2D eigenvalue weighted by molar-refractivity contribution is 0.136. The van der Waals surface area contributed by atoms with Crippen LogP contribution in [0.2, 0.25) is 5.15 Å². The van der Waals surface area contributed by atoms with E-state index in [4.69, 9.17) is 11.6 Å². The van der Waals surface area contributed by atoms with E-state index in [0.29, 0.717) is 29.7 Å². The van der Waals surface area contributed by atoms with Gasteiger partial charge >= 0.3 is 11.8 Å². The smallest absolute Gasteiger partial charge is 0.407 e. The molecule has 32 heavy (non-hydrogen) atoms. The Kier molecular flexibility index (Phi) is 5.72. The van der Waals surface area contributed by atoms with E-state index >= 15 is 0 Å². The Bertz CT molecular complexity index is 1280. The number of pyridine rings is 2. The summed E-state index contributed by atoms with van der Waals surface area (Å²) in [7, 11) is 0. The Morgan fingerprint density at radius 1 is 1.34 bits per heavy atom. The van der Waals surface area contributed by atoms with E-state index in [2.05, 4.69) is 15.0 Å². The zero-order chi connectivity index (χ0) is 23.2. The summed E-state index contributed by atoms with van der Waals surface area (Å²) >= 11 is 6.01. The molecule has 0 aromatic carbocycles. The Balaban J connectivity index is 1.98. The van der Waals surface area contributed by atoms with Crippen molar-refractivity contribution in [3.63, 3.8) is 0 Å². The average Bonchev–Trinajstić information content (AvgIpc) is 2.75. The molecule has 1 unspecified atom stereocenters. The number of anilines is 1. The SMILES string of the molecule is CCc1nccc(C)c1-n1c(=O)nc(N2CCN(C(=O)O)CC2C)c2cc(F)c(Cl)nc21. The quantitative estimate of drug-likeness (QED) is 0.599. The zero-order valence-electron chi connectivity index (χ0n) is 17.8. The minimum atomic E-state index is -1.01. The lowest BCUT2D eigenvalue weighted by Crippen LogP contribution is -2.54. The van der Waals surface area contributed by atoms with Crippen LogP contribution in [-0.4, -0.2) is 61.3 Å².